The molecule has 128 valence electrons. The van der Waals surface area contributed by atoms with Crippen LogP contribution in [0.25, 0.3) is 11.0 Å². The first-order chi connectivity index (χ1) is 11.9. The van der Waals surface area contributed by atoms with Gasteiger partial charge in [0.1, 0.15) is 22.5 Å². The van der Waals surface area contributed by atoms with E-state index in [1.54, 1.807) is 24.4 Å². The van der Waals surface area contributed by atoms with Crippen LogP contribution < -0.4 is 0 Å². The maximum absolute atomic E-state index is 14.9. The van der Waals surface area contributed by atoms with Crippen molar-refractivity contribution in [3.05, 3.63) is 57.8 Å². The molecule has 25 heavy (non-hydrogen) atoms. The minimum absolute atomic E-state index is 0.0343. The van der Waals surface area contributed by atoms with Crippen LogP contribution in [0.5, 0.6) is 0 Å². The monoisotopic (exact) mass is 361 g/mol. The predicted molar refractivity (Wildman–Crippen MR) is 92.0 cm³/mol. The van der Waals surface area contributed by atoms with E-state index >= 15 is 0 Å². The van der Waals surface area contributed by atoms with E-state index in [9.17, 15) is 13.2 Å². The Balaban J connectivity index is 1.96. The molecule has 0 N–H and O–H groups in total. The first kappa shape index (κ1) is 16.2. The summed E-state index contributed by atoms with van der Waals surface area (Å²) >= 11 is 1.20. The molecule has 1 atom stereocenters. The molecular formula is C18H14F3N3S. The fourth-order valence-corrected chi connectivity index (χ4v) is 3.92. The zero-order chi connectivity index (χ0) is 17.8. The molecule has 7 heteroatoms. The van der Waals surface area contributed by atoms with Gasteiger partial charge in [-0.1, -0.05) is 13.0 Å². The van der Waals surface area contributed by atoms with Gasteiger partial charge < -0.3 is 0 Å². The molecule has 0 bridgehead atoms. The number of aromatic nitrogens is 2. The molecular weight excluding hydrogens is 347 g/mol. The van der Waals surface area contributed by atoms with Gasteiger partial charge in [0.2, 0.25) is 0 Å². The Kier molecular flexibility index (Phi) is 3.47. The van der Waals surface area contributed by atoms with Crippen LogP contribution in [-0.4, -0.2) is 21.2 Å². The van der Waals surface area contributed by atoms with E-state index in [1.165, 1.54) is 36.6 Å². The van der Waals surface area contributed by atoms with E-state index in [2.05, 4.69) is 15.0 Å². The predicted octanol–water partition coefficient (Wildman–Crippen LogP) is 4.94. The molecule has 4 rings (SSSR count). The summed E-state index contributed by atoms with van der Waals surface area (Å²) < 4.78 is 43.6. The zero-order valence-corrected chi connectivity index (χ0v) is 14.4. The summed E-state index contributed by atoms with van der Waals surface area (Å²) in [5, 5.41) is 1.63. The summed E-state index contributed by atoms with van der Waals surface area (Å²) in [7, 11) is 0. The molecule has 1 aromatic carbocycles. The van der Waals surface area contributed by atoms with Crippen LogP contribution in [0.15, 0.2) is 40.8 Å². The van der Waals surface area contributed by atoms with Gasteiger partial charge in [-0.2, -0.15) is 8.78 Å². The molecule has 3 nitrogen and oxygen atoms in total. The Labute approximate surface area is 146 Å². The van der Waals surface area contributed by atoms with E-state index in [-0.39, 0.29) is 17.5 Å². The number of alkyl halides is 2. The lowest BCUT2D eigenvalue weighted by Crippen LogP contribution is -2.45. The average molecular weight is 361 g/mol. The van der Waals surface area contributed by atoms with Crippen molar-refractivity contribution in [3.63, 3.8) is 0 Å². The van der Waals surface area contributed by atoms with Crippen LogP contribution in [0.4, 0.5) is 13.2 Å². The highest BCUT2D eigenvalue weighted by Gasteiger charge is 2.55. The number of nitrogens with zero attached hydrogens (tertiary/aromatic N) is 3. The van der Waals surface area contributed by atoms with E-state index in [4.69, 9.17) is 0 Å². The molecule has 3 aromatic rings. The molecule has 1 aliphatic heterocycles. The first-order valence-electron chi connectivity index (χ1n) is 7.85. The van der Waals surface area contributed by atoms with Crippen molar-refractivity contribution in [1.82, 2.24) is 9.97 Å². The summed E-state index contributed by atoms with van der Waals surface area (Å²) in [6, 6.07) is 5.93. The van der Waals surface area contributed by atoms with Crippen LogP contribution >= 0.6 is 11.3 Å². The Morgan fingerprint density at radius 1 is 1.20 bits per heavy atom. The van der Waals surface area contributed by atoms with Gasteiger partial charge in [0, 0.05) is 5.56 Å². The van der Waals surface area contributed by atoms with Gasteiger partial charge >= 0.3 is 0 Å². The van der Waals surface area contributed by atoms with Crippen molar-refractivity contribution in [2.24, 2.45) is 4.99 Å². The Hall–Kier alpha value is -2.28. The molecule has 3 heterocycles. The molecule has 2 aromatic heterocycles. The van der Waals surface area contributed by atoms with Crippen molar-refractivity contribution in [2.45, 2.75) is 31.7 Å². The molecule has 0 saturated carbocycles. The molecule has 0 fully saturated rings. The van der Waals surface area contributed by atoms with Crippen LogP contribution in [0.1, 0.15) is 36.4 Å². The Morgan fingerprint density at radius 3 is 2.76 bits per heavy atom. The highest BCUT2D eigenvalue weighted by molar-refractivity contribution is 7.12. The summed E-state index contributed by atoms with van der Waals surface area (Å²) in [5.41, 5.74) is -0.315. The van der Waals surface area contributed by atoms with E-state index in [0.717, 1.165) is 0 Å². The second-order valence-corrected chi connectivity index (χ2v) is 7.10. The number of benzene rings is 1. The Bertz CT molecular complexity index is 1010. The number of rotatable bonds is 2. The van der Waals surface area contributed by atoms with Gasteiger partial charge in [-0.25, -0.2) is 14.4 Å². The second-order valence-electron chi connectivity index (χ2n) is 6.19. The largest absolute Gasteiger partial charge is 0.299 e. The van der Waals surface area contributed by atoms with Crippen molar-refractivity contribution in [1.29, 1.82) is 0 Å². The van der Waals surface area contributed by atoms with Crippen molar-refractivity contribution < 1.29 is 13.2 Å². The average Bonchev–Trinajstić information content (AvgIpc) is 3.09. The second kappa shape index (κ2) is 5.36. The van der Waals surface area contributed by atoms with Crippen LogP contribution in [0.3, 0.4) is 0 Å². The molecule has 0 aliphatic carbocycles. The zero-order valence-electron chi connectivity index (χ0n) is 13.6. The molecule has 0 spiro atoms. The van der Waals surface area contributed by atoms with E-state index in [1.807, 2.05) is 0 Å². The van der Waals surface area contributed by atoms with Gasteiger partial charge in [-0.05, 0) is 36.9 Å². The minimum Gasteiger partial charge on any atom is -0.268 e. The molecule has 1 aliphatic rings. The molecule has 0 amide bonds. The summed E-state index contributed by atoms with van der Waals surface area (Å²) in [6.45, 7) is 3.13. The van der Waals surface area contributed by atoms with Gasteiger partial charge in [0.05, 0.1) is 16.6 Å². The van der Waals surface area contributed by atoms with Crippen LogP contribution in [0.2, 0.25) is 0 Å². The van der Waals surface area contributed by atoms with Crippen LogP contribution in [-0.2, 0) is 5.92 Å². The fourth-order valence-electron chi connectivity index (χ4n) is 2.99. The number of fused-ring (bicyclic) bond motifs is 2. The Morgan fingerprint density at radius 2 is 2.00 bits per heavy atom. The standard InChI is InChI=1S/C18H14F3N3S/c1-3-17(2)18(20,21)10-7-8-25-16(10)15(24-17)13-9-22-14-11(19)5-4-6-12(14)23-13/h4-9H,3H2,1-2H3. The van der Waals surface area contributed by atoms with Crippen molar-refractivity contribution in [2.75, 3.05) is 0 Å². The lowest BCUT2D eigenvalue weighted by Gasteiger charge is -2.37. The summed E-state index contributed by atoms with van der Waals surface area (Å²) in [5.74, 6) is -3.53. The number of hydrogen-bond donors (Lipinski definition) is 0. The molecule has 0 saturated heterocycles. The highest BCUT2D eigenvalue weighted by atomic mass is 32.1. The maximum atomic E-state index is 14.9. The normalized spacial score (nSPS) is 21.9. The maximum Gasteiger partial charge on any atom is 0.299 e. The molecule has 1 unspecified atom stereocenters. The SMILES string of the molecule is CCC1(C)N=C(c2cnc3c(F)cccc3n2)c2sccc2C1(F)F. The number of halogens is 3. The van der Waals surface area contributed by atoms with E-state index in [0.29, 0.717) is 21.8 Å². The third kappa shape index (κ3) is 2.22. The fraction of sp³-hybridized carbons (Fsp3) is 0.278. The van der Waals surface area contributed by atoms with Crippen LogP contribution in [0, 0.1) is 5.82 Å². The molecule has 0 radical (unpaired) electrons. The lowest BCUT2D eigenvalue weighted by molar-refractivity contribution is -0.0765. The first-order valence-corrected chi connectivity index (χ1v) is 8.73. The number of aliphatic imine (C=N–C) groups is 1. The lowest BCUT2D eigenvalue weighted by atomic mass is 9.83. The summed E-state index contributed by atoms with van der Waals surface area (Å²) in [6.07, 6.45) is 1.57. The third-order valence-corrected chi connectivity index (χ3v) is 5.63. The van der Waals surface area contributed by atoms with Gasteiger partial charge in [-0.15, -0.1) is 11.3 Å². The topological polar surface area (TPSA) is 38.1 Å². The smallest absolute Gasteiger partial charge is 0.268 e. The van der Waals surface area contributed by atoms with Gasteiger partial charge in [-0.3, -0.25) is 4.99 Å². The highest BCUT2D eigenvalue weighted by Crippen LogP contribution is 2.49. The number of hydrogen-bond acceptors (Lipinski definition) is 4. The van der Waals surface area contributed by atoms with Gasteiger partial charge in [0.25, 0.3) is 5.92 Å². The third-order valence-electron chi connectivity index (χ3n) is 4.71. The van der Waals surface area contributed by atoms with Crippen molar-refractivity contribution in [3.8, 4) is 0 Å². The summed E-state index contributed by atoms with van der Waals surface area (Å²) in [4.78, 5) is 13.3. The van der Waals surface area contributed by atoms with E-state index < -0.39 is 17.3 Å². The number of thiophene rings is 1. The van der Waals surface area contributed by atoms with Crippen molar-refractivity contribution >= 4 is 28.1 Å². The van der Waals surface area contributed by atoms with Gasteiger partial charge in [0.15, 0.2) is 5.82 Å². The number of para-hydroxylation sites is 1. The quantitative estimate of drug-likeness (QED) is 0.648. The minimum atomic E-state index is -3.06.